The van der Waals surface area contributed by atoms with Crippen molar-refractivity contribution < 1.29 is 0 Å². The summed E-state index contributed by atoms with van der Waals surface area (Å²) in [6, 6.07) is 33.2. The third kappa shape index (κ3) is 6.40. The van der Waals surface area contributed by atoms with Crippen LogP contribution in [-0.2, 0) is 12.6 Å². The lowest BCUT2D eigenvalue weighted by atomic mass is 9.14. The molecular formula is C27H35BS. The van der Waals surface area contributed by atoms with Gasteiger partial charge in [0.25, 0.3) is 0 Å². The fourth-order valence-corrected chi connectivity index (χ4v) is 4.54. The monoisotopic (exact) mass is 402 g/mol. The molecule has 0 atom stereocenters. The number of allylic oxidation sites excluding steroid dienone is 1. The maximum atomic E-state index is 3.32. The van der Waals surface area contributed by atoms with E-state index < -0.39 is 6.15 Å². The molecule has 0 bridgehead atoms. The molecule has 3 aromatic carbocycles. The second-order valence-corrected chi connectivity index (χ2v) is 8.31. The van der Waals surface area contributed by atoms with Gasteiger partial charge in [-0.2, -0.15) is 22.7 Å². The SMILES string of the molecule is CC(C)=CC[SH2+].CCCC[B-](c1ccccc1)(c1ccccc1)c1ccccc1. The molecular weight excluding hydrogens is 367 g/mol. The summed E-state index contributed by atoms with van der Waals surface area (Å²) in [5.74, 6) is 0.975. The van der Waals surface area contributed by atoms with E-state index in [-0.39, 0.29) is 0 Å². The highest BCUT2D eigenvalue weighted by atomic mass is 32.1. The van der Waals surface area contributed by atoms with Crippen LogP contribution in [0.4, 0.5) is 0 Å². The second kappa shape index (κ2) is 12.4. The number of hydrogen-bond donors (Lipinski definition) is 0. The molecule has 0 aliphatic heterocycles. The van der Waals surface area contributed by atoms with Gasteiger partial charge >= 0.3 is 0 Å². The highest BCUT2D eigenvalue weighted by Crippen LogP contribution is 2.16. The minimum absolute atomic E-state index is 0.913. The first kappa shape index (κ1) is 23.1. The van der Waals surface area contributed by atoms with E-state index in [0.29, 0.717) is 0 Å². The maximum Gasteiger partial charge on any atom is 0.122 e. The molecule has 0 radical (unpaired) electrons. The molecule has 0 unspecified atom stereocenters. The fourth-order valence-electron chi connectivity index (χ4n) is 4.14. The minimum Gasteiger partial charge on any atom is -0.200 e. The molecule has 0 aromatic heterocycles. The summed E-state index contributed by atoms with van der Waals surface area (Å²) in [6.45, 7) is 6.45. The van der Waals surface area contributed by atoms with Crippen LogP contribution in [0.25, 0.3) is 0 Å². The first-order chi connectivity index (χ1) is 14.1. The van der Waals surface area contributed by atoms with E-state index in [1.807, 2.05) is 0 Å². The van der Waals surface area contributed by atoms with Gasteiger partial charge in [0.2, 0.25) is 0 Å². The molecule has 0 saturated heterocycles. The van der Waals surface area contributed by atoms with Crippen molar-refractivity contribution in [3.63, 3.8) is 0 Å². The van der Waals surface area contributed by atoms with Crippen LogP contribution in [0.3, 0.4) is 0 Å². The van der Waals surface area contributed by atoms with Crippen LogP contribution in [0, 0.1) is 0 Å². The third-order valence-electron chi connectivity index (χ3n) is 5.61. The third-order valence-corrected chi connectivity index (χ3v) is 5.81. The van der Waals surface area contributed by atoms with Gasteiger partial charge in [-0.1, -0.05) is 116 Å². The quantitative estimate of drug-likeness (QED) is 0.299. The summed E-state index contributed by atoms with van der Waals surface area (Å²) in [5, 5.41) is 0. The Morgan fingerprint density at radius 3 is 1.34 bits per heavy atom. The zero-order valence-corrected chi connectivity index (χ0v) is 19.1. The average Bonchev–Trinajstić information content (AvgIpc) is 2.77. The Morgan fingerprint density at radius 2 is 1.10 bits per heavy atom. The van der Waals surface area contributed by atoms with Crippen molar-refractivity contribution in [2.24, 2.45) is 0 Å². The van der Waals surface area contributed by atoms with Crippen molar-refractivity contribution in [2.75, 3.05) is 5.75 Å². The molecule has 3 aromatic rings. The van der Waals surface area contributed by atoms with Gasteiger partial charge in [-0.25, -0.2) is 0 Å². The Labute approximate surface area is 183 Å². The number of rotatable bonds is 7. The smallest absolute Gasteiger partial charge is 0.122 e. The molecule has 152 valence electrons. The van der Waals surface area contributed by atoms with Crippen molar-refractivity contribution in [3.05, 3.63) is 103 Å². The van der Waals surface area contributed by atoms with E-state index >= 15 is 0 Å². The predicted molar refractivity (Wildman–Crippen MR) is 138 cm³/mol. The summed E-state index contributed by atoms with van der Waals surface area (Å²) in [4.78, 5) is 0. The number of hydrogen-bond acceptors (Lipinski definition) is 0. The standard InChI is InChI=1S/C22H24B.C5H10S/c1-2-3-19-23(20-13-7-4-8-14-20,21-15-9-5-10-16-21)22-17-11-6-12-18-22;1-5(2)3-4-6/h4-18H,2-3,19H2,1H3;3,6H,4H2,1-2H3/q-1;/p+1. The molecule has 0 aliphatic carbocycles. The van der Waals surface area contributed by atoms with Crippen LogP contribution < -0.4 is 16.4 Å². The van der Waals surface area contributed by atoms with Crippen LogP contribution in [0.15, 0.2) is 103 Å². The maximum absolute atomic E-state index is 3.32. The molecule has 3 rings (SSSR count). The van der Waals surface area contributed by atoms with Crippen molar-refractivity contribution in [1.29, 1.82) is 0 Å². The molecule has 29 heavy (non-hydrogen) atoms. The van der Waals surface area contributed by atoms with E-state index in [0.717, 1.165) is 5.75 Å². The Kier molecular flexibility index (Phi) is 9.87. The van der Waals surface area contributed by atoms with E-state index in [2.05, 4.69) is 130 Å². The van der Waals surface area contributed by atoms with Gasteiger partial charge < -0.3 is 0 Å². The van der Waals surface area contributed by atoms with Crippen molar-refractivity contribution >= 4 is 35.2 Å². The van der Waals surface area contributed by atoms with Gasteiger partial charge in [-0.3, -0.25) is 0 Å². The van der Waals surface area contributed by atoms with E-state index in [1.54, 1.807) is 0 Å². The summed E-state index contributed by atoms with van der Waals surface area (Å²) >= 11 is 3.32. The highest BCUT2D eigenvalue weighted by molar-refractivity contribution is 7.58. The van der Waals surface area contributed by atoms with Gasteiger partial charge in [-0.05, 0) is 32.6 Å². The molecule has 0 heterocycles. The van der Waals surface area contributed by atoms with Gasteiger partial charge in [0.1, 0.15) is 5.75 Å². The zero-order valence-electron chi connectivity index (χ0n) is 18.1. The van der Waals surface area contributed by atoms with Crippen LogP contribution in [0.5, 0.6) is 0 Å². The zero-order chi connectivity index (χ0) is 21.0. The topological polar surface area (TPSA) is 0 Å². The molecule has 0 N–H and O–H groups in total. The van der Waals surface area contributed by atoms with Crippen LogP contribution in [0.2, 0.25) is 6.32 Å². The first-order valence-electron chi connectivity index (χ1n) is 10.8. The largest absolute Gasteiger partial charge is 0.200 e. The molecule has 0 fully saturated rings. The van der Waals surface area contributed by atoms with Gasteiger partial charge in [0.05, 0.1) is 6.15 Å². The van der Waals surface area contributed by atoms with Crippen molar-refractivity contribution in [1.82, 2.24) is 0 Å². The summed E-state index contributed by atoms with van der Waals surface area (Å²) in [7, 11) is 0. The Bertz CT molecular complexity index is 741. The summed E-state index contributed by atoms with van der Waals surface area (Å²) < 4.78 is 0. The average molecular weight is 402 g/mol. The van der Waals surface area contributed by atoms with Crippen LogP contribution in [-0.4, -0.2) is 11.9 Å². The van der Waals surface area contributed by atoms with E-state index in [4.69, 9.17) is 0 Å². The molecule has 0 aliphatic rings. The molecule has 0 nitrogen and oxygen atoms in total. The molecule has 2 heteroatoms. The summed E-state index contributed by atoms with van der Waals surface area (Å²) in [6.07, 6.45) is 4.85. The predicted octanol–water partition coefficient (Wildman–Crippen LogP) is 4.92. The van der Waals surface area contributed by atoms with Crippen LogP contribution >= 0.6 is 0 Å². The fraction of sp³-hybridized carbons (Fsp3) is 0.259. The van der Waals surface area contributed by atoms with Crippen LogP contribution in [0.1, 0.15) is 33.6 Å². The number of unbranched alkanes of at least 4 members (excludes halogenated alkanes) is 1. The normalized spacial score (nSPS) is 10.6. The second-order valence-electron chi connectivity index (χ2n) is 7.91. The Morgan fingerprint density at radius 1 is 0.724 bits per heavy atom. The van der Waals surface area contributed by atoms with Gasteiger partial charge in [0, 0.05) is 0 Å². The Hall–Kier alpha value is -2.19. The van der Waals surface area contributed by atoms with Gasteiger partial charge in [-0.15, -0.1) is 0 Å². The Balaban J connectivity index is 0.000000438. The van der Waals surface area contributed by atoms with E-state index in [1.165, 1.54) is 41.1 Å². The highest BCUT2D eigenvalue weighted by Gasteiger charge is 2.28. The summed E-state index contributed by atoms with van der Waals surface area (Å²) in [5.41, 5.74) is 5.69. The van der Waals surface area contributed by atoms with Gasteiger partial charge in [0.15, 0.2) is 0 Å². The lowest BCUT2D eigenvalue weighted by molar-refractivity contribution is 0.874. The lowest BCUT2D eigenvalue weighted by Crippen LogP contribution is -2.66. The number of benzene rings is 3. The van der Waals surface area contributed by atoms with Crippen molar-refractivity contribution in [3.8, 4) is 0 Å². The molecule has 0 saturated carbocycles. The molecule has 0 spiro atoms. The minimum atomic E-state index is -0.913. The first-order valence-corrected chi connectivity index (χ1v) is 11.5. The van der Waals surface area contributed by atoms with Crippen molar-refractivity contribution in [2.45, 2.75) is 39.9 Å². The van der Waals surface area contributed by atoms with E-state index in [9.17, 15) is 0 Å². The molecule has 0 amide bonds. The lowest BCUT2D eigenvalue weighted by Gasteiger charge is -2.43.